The summed E-state index contributed by atoms with van der Waals surface area (Å²) in [5.41, 5.74) is 0.994. The summed E-state index contributed by atoms with van der Waals surface area (Å²) in [7, 11) is 0. The fraction of sp³-hybridized carbons (Fsp3) is 0.625. The van der Waals surface area contributed by atoms with E-state index < -0.39 is 0 Å². The molecule has 0 bridgehead atoms. The van der Waals surface area contributed by atoms with Crippen LogP contribution in [0.15, 0.2) is 23.3 Å². The molecule has 6 heteroatoms. The van der Waals surface area contributed by atoms with Crippen LogP contribution in [0.5, 0.6) is 5.88 Å². The normalized spacial score (nSPS) is 12.5. The van der Waals surface area contributed by atoms with Gasteiger partial charge in [-0.1, -0.05) is 19.9 Å². The highest BCUT2D eigenvalue weighted by molar-refractivity contribution is 14.0. The maximum absolute atomic E-state index is 5.53. The quantitative estimate of drug-likeness (QED) is 0.404. The average molecular weight is 420 g/mol. The molecule has 0 aromatic carbocycles. The van der Waals surface area contributed by atoms with Gasteiger partial charge in [-0.3, -0.25) is 0 Å². The van der Waals surface area contributed by atoms with Crippen molar-refractivity contribution in [1.29, 1.82) is 0 Å². The monoisotopic (exact) mass is 420 g/mol. The summed E-state index contributed by atoms with van der Waals surface area (Å²) < 4.78 is 5.53. The molecule has 0 radical (unpaired) electrons. The maximum Gasteiger partial charge on any atom is 0.218 e. The number of guanidine groups is 1. The average Bonchev–Trinajstić information content (AvgIpc) is 2.46. The summed E-state index contributed by atoms with van der Waals surface area (Å²) >= 11 is 0. The molecule has 0 amide bonds. The lowest BCUT2D eigenvalue weighted by atomic mass is 10.1. The number of nitrogens with one attached hydrogen (secondary N) is 2. The number of nitrogens with zero attached hydrogens (tertiary/aromatic N) is 2. The van der Waals surface area contributed by atoms with Crippen molar-refractivity contribution in [2.75, 3.05) is 13.2 Å². The minimum absolute atomic E-state index is 0. The van der Waals surface area contributed by atoms with Crippen LogP contribution in [0.4, 0.5) is 0 Å². The van der Waals surface area contributed by atoms with Gasteiger partial charge in [0.1, 0.15) is 0 Å². The fourth-order valence-corrected chi connectivity index (χ4v) is 1.68. The van der Waals surface area contributed by atoms with E-state index in [2.05, 4.69) is 48.3 Å². The predicted octanol–water partition coefficient (Wildman–Crippen LogP) is 3.20. The predicted molar refractivity (Wildman–Crippen MR) is 103 cm³/mol. The molecule has 0 aliphatic heterocycles. The maximum atomic E-state index is 5.53. The number of hydrogen-bond donors (Lipinski definition) is 2. The third kappa shape index (κ3) is 7.29. The molecule has 1 atom stereocenters. The number of pyridine rings is 1. The van der Waals surface area contributed by atoms with E-state index in [4.69, 9.17) is 4.74 Å². The largest absolute Gasteiger partial charge is 0.478 e. The molecule has 0 saturated carbocycles. The van der Waals surface area contributed by atoms with Crippen molar-refractivity contribution in [2.24, 2.45) is 10.9 Å². The van der Waals surface area contributed by atoms with Gasteiger partial charge in [0, 0.05) is 24.3 Å². The number of halogens is 1. The Bertz CT molecular complexity index is 452. The highest BCUT2D eigenvalue weighted by atomic mass is 127. The molecule has 0 spiro atoms. The summed E-state index contributed by atoms with van der Waals surface area (Å²) in [6, 6.07) is 4.27. The molecule has 5 nitrogen and oxygen atoms in total. The molecule has 1 aromatic heterocycles. The van der Waals surface area contributed by atoms with Crippen molar-refractivity contribution in [3.8, 4) is 5.88 Å². The second-order valence-corrected chi connectivity index (χ2v) is 5.27. The lowest BCUT2D eigenvalue weighted by Crippen LogP contribution is -2.44. The SMILES string of the molecule is CCNC(=NCc1cccnc1OCC)NC(C)C(C)C.I. The summed E-state index contributed by atoms with van der Waals surface area (Å²) in [5, 5.41) is 6.68. The number of aromatic nitrogens is 1. The van der Waals surface area contributed by atoms with Crippen molar-refractivity contribution in [3.05, 3.63) is 23.9 Å². The molecular formula is C16H29IN4O. The number of rotatable bonds is 7. The zero-order valence-corrected chi connectivity index (χ0v) is 16.5. The summed E-state index contributed by atoms with van der Waals surface area (Å²) in [6.07, 6.45) is 1.74. The van der Waals surface area contributed by atoms with Crippen molar-refractivity contribution in [1.82, 2.24) is 15.6 Å². The second-order valence-electron chi connectivity index (χ2n) is 5.27. The first-order chi connectivity index (χ1) is 10.1. The van der Waals surface area contributed by atoms with E-state index in [1.807, 2.05) is 19.1 Å². The summed E-state index contributed by atoms with van der Waals surface area (Å²) in [4.78, 5) is 8.87. The van der Waals surface area contributed by atoms with Crippen LogP contribution in [0.3, 0.4) is 0 Å². The van der Waals surface area contributed by atoms with Crippen molar-refractivity contribution < 1.29 is 4.74 Å². The second kappa shape index (κ2) is 11.5. The van der Waals surface area contributed by atoms with Crippen LogP contribution >= 0.6 is 24.0 Å². The Morgan fingerprint density at radius 2 is 2.05 bits per heavy atom. The fourth-order valence-electron chi connectivity index (χ4n) is 1.68. The van der Waals surface area contributed by atoms with Gasteiger partial charge in [0.25, 0.3) is 0 Å². The number of aliphatic imine (C=N–C) groups is 1. The smallest absolute Gasteiger partial charge is 0.218 e. The van der Waals surface area contributed by atoms with Gasteiger partial charge in [-0.15, -0.1) is 24.0 Å². The van der Waals surface area contributed by atoms with E-state index in [1.165, 1.54) is 0 Å². The van der Waals surface area contributed by atoms with Crippen LogP contribution in [-0.2, 0) is 6.54 Å². The van der Waals surface area contributed by atoms with Crippen molar-refractivity contribution >= 4 is 29.9 Å². The Labute approximate surface area is 151 Å². The van der Waals surface area contributed by atoms with Crippen molar-refractivity contribution in [3.63, 3.8) is 0 Å². The van der Waals surface area contributed by atoms with Crippen molar-refractivity contribution in [2.45, 2.75) is 47.2 Å². The molecule has 0 fully saturated rings. The van der Waals surface area contributed by atoms with E-state index in [9.17, 15) is 0 Å². The Morgan fingerprint density at radius 1 is 1.32 bits per heavy atom. The molecule has 22 heavy (non-hydrogen) atoms. The highest BCUT2D eigenvalue weighted by Gasteiger charge is 2.09. The molecule has 1 heterocycles. The van der Waals surface area contributed by atoms with Gasteiger partial charge in [-0.05, 0) is 32.8 Å². The lowest BCUT2D eigenvalue weighted by molar-refractivity contribution is 0.323. The Morgan fingerprint density at radius 3 is 2.64 bits per heavy atom. The molecule has 0 aliphatic carbocycles. The van der Waals surface area contributed by atoms with Gasteiger partial charge in [0.15, 0.2) is 5.96 Å². The van der Waals surface area contributed by atoms with Gasteiger partial charge in [-0.25, -0.2) is 9.98 Å². The topological polar surface area (TPSA) is 58.5 Å². The third-order valence-electron chi connectivity index (χ3n) is 3.25. The van der Waals surface area contributed by atoms with E-state index >= 15 is 0 Å². The van der Waals surface area contributed by atoms with Gasteiger partial charge in [0.05, 0.1) is 13.2 Å². The molecule has 2 N–H and O–H groups in total. The van der Waals surface area contributed by atoms with Crippen LogP contribution < -0.4 is 15.4 Å². The van der Waals surface area contributed by atoms with Crippen LogP contribution in [0.2, 0.25) is 0 Å². The molecule has 126 valence electrons. The molecule has 1 rings (SSSR count). The van der Waals surface area contributed by atoms with Gasteiger partial charge >= 0.3 is 0 Å². The van der Waals surface area contributed by atoms with Crippen LogP contribution in [0, 0.1) is 5.92 Å². The molecule has 0 aliphatic rings. The molecule has 1 unspecified atom stereocenters. The minimum Gasteiger partial charge on any atom is -0.478 e. The lowest BCUT2D eigenvalue weighted by Gasteiger charge is -2.20. The zero-order chi connectivity index (χ0) is 15.7. The minimum atomic E-state index is 0. The Balaban J connectivity index is 0.00000441. The highest BCUT2D eigenvalue weighted by Crippen LogP contribution is 2.15. The van der Waals surface area contributed by atoms with E-state index in [1.54, 1.807) is 6.20 Å². The van der Waals surface area contributed by atoms with Gasteiger partial charge in [-0.2, -0.15) is 0 Å². The Hall–Kier alpha value is -1.05. The molecule has 0 saturated heterocycles. The third-order valence-corrected chi connectivity index (χ3v) is 3.25. The van der Waals surface area contributed by atoms with Gasteiger partial charge < -0.3 is 15.4 Å². The number of hydrogen-bond acceptors (Lipinski definition) is 3. The van der Waals surface area contributed by atoms with Crippen LogP contribution in [-0.4, -0.2) is 30.1 Å². The zero-order valence-electron chi connectivity index (χ0n) is 14.2. The summed E-state index contributed by atoms with van der Waals surface area (Å²) in [6.45, 7) is 12.5. The van der Waals surface area contributed by atoms with Crippen LogP contribution in [0.25, 0.3) is 0 Å². The first kappa shape index (κ1) is 20.9. The first-order valence-electron chi connectivity index (χ1n) is 7.70. The standard InChI is InChI=1S/C16H28N4O.HI/c1-6-17-16(20-13(5)12(3)4)19-11-14-9-8-10-18-15(14)21-7-2;/h8-10,12-13H,6-7,11H2,1-5H3,(H2,17,19,20);1H. The number of ether oxygens (including phenoxy) is 1. The molecule has 1 aromatic rings. The van der Waals surface area contributed by atoms with E-state index in [0.717, 1.165) is 18.1 Å². The van der Waals surface area contributed by atoms with E-state index in [0.29, 0.717) is 31.0 Å². The van der Waals surface area contributed by atoms with E-state index in [-0.39, 0.29) is 24.0 Å². The molecular weight excluding hydrogens is 391 g/mol. The van der Waals surface area contributed by atoms with Crippen LogP contribution in [0.1, 0.15) is 40.2 Å². The Kier molecular flexibility index (Phi) is 11.0. The summed E-state index contributed by atoms with van der Waals surface area (Å²) in [5.74, 6) is 2.03. The van der Waals surface area contributed by atoms with Gasteiger partial charge in [0.2, 0.25) is 5.88 Å². The first-order valence-corrected chi connectivity index (χ1v) is 7.70.